The van der Waals surface area contributed by atoms with E-state index in [2.05, 4.69) is 9.80 Å². The summed E-state index contributed by atoms with van der Waals surface area (Å²) in [4.78, 5) is 33.4. The lowest BCUT2D eigenvalue weighted by molar-refractivity contribution is -0.140. The number of nitrogens with zero attached hydrogens (tertiary/aromatic N) is 3. The third kappa shape index (κ3) is 9.94. The van der Waals surface area contributed by atoms with Crippen molar-refractivity contribution >= 4 is 35.0 Å². The van der Waals surface area contributed by atoms with Crippen LogP contribution in [0.5, 0.6) is 0 Å². The molecule has 2 amide bonds. The van der Waals surface area contributed by atoms with E-state index in [0.717, 1.165) is 83.3 Å². The molecule has 0 bridgehead atoms. The molecule has 1 saturated heterocycles. The molecule has 0 N–H and O–H groups in total. The highest BCUT2D eigenvalue weighted by atomic mass is 35.5. The fourth-order valence-corrected chi connectivity index (χ4v) is 7.03. The maximum absolute atomic E-state index is 13.7. The number of benzene rings is 2. The van der Waals surface area contributed by atoms with Crippen LogP contribution in [0.2, 0.25) is 10.0 Å². The minimum Gasteiger partial charge on any atom is -0.385 e. The summed E-state index contributed by atoms with van der Waals surface area (Å²) in [6.45, 7) is 5.05. The first-order valence-electron chi connectivity index (χ1n) is 16.1. The SMILES string of the molecule is COCCCCN(C(=O)C1CCCCC1)C1CCN(CC[C@H](CN(C)C(=O)c2ccccc2)c2ccc(Cl)c(Cl)c2)CC1. The van der Waals surface area contributed by atoms with Gasteiger partial charge in [0.15, 0.2) is 0 Å². The molecule has 0 unspecified atom stereocenters. The number of carbonyl (C=O) groups is 2. The van der Waals surface area contributed by atoms with Crippen LogP contribution in [-0.2, 0) is 9.53 Å². The topological polar surface area (TPSA) is 53.1 Å². The van der Waals surface area contributed by atoms with Gasteiger partial charge < -0.3 is 19.4 Å². The number of likely N-dealkylation sites (tertiary alicyclic amines) is 1. The van der Waals surface area contributed by atoms with Crippen molar-refractivity contribution in [2.24, 2.45) is 5.92 Å². The zero-order valence-corrected chi connectivity index (χ0v) is 27.5. The van der Waals surface area contributed by atoms with Crippen LogP contribution in [-0.4, -0.2) is 86.0 Å². The zero-order chi connectivity index (χ0) is 30.6. The van der Waals surface area contributed by atoms with Crippen LogP contribution in [0.25, 0.3) is 0 Å². The van der Waals surface area contributed by atoms with Crippen LogP contribution in [0.1, 0.15) is 86.0 Å². The summed E-state index contributed by atoms with van der Waals surface area (Å²) in [5.74, 6) is 0.730. The standard InChI is InChI=1S/C35H49Cl2N3O3/c1-38(34(41)27-11-5-3-6-12-27)26-30(29-15-16-32(36)33(37)25-29)17-21-39-22-18-31(19-23-39)40(20-9-10-24-43-2)35(42)28-13-7-4-8-14-28/h3,5-6,11-12,15-16,25,28,30-31H,4,7-10,13-14,17-24,26H2,1-2H3/t30-/m1/s1. The molecule has 2 aromatic rings. The van der Waals surface area contributed by atoms with Crippen molar-refractivity contribution in [3.05, 3.63) is 69.7 Å². The first-order valence-corrected chi connectivity index (χ1v) is 16.9. The average molecular weight is 631 g/mol. The fourth-order valence-electron chi connectivity index (χ4n) is 6.72. The van der Waals surface area contributed by atoms with E-state index in [1.807, 2.05) is 60.5 Å². The third-order valence-corrected chi connectivity index (χ3v) is 10.0. The van der Waals surface area contributed by atoms with Crippen LogP contribution < -0.4 is 0 Å². The molecule has 0 radical (unpaired) electrons. The number of amides is 2. The largest absolute Gasteiger partial charge is 0.385 e. The lowest BCUT2D eigenvalue weighted by Gasteiger charge is -2.41. The summed E-state index contributed by atoms with van der Waals surface area (Å²) in [7, 11) is 3.61. The second kappa shape index (κ2) is 17.4. The van der Waals surface area contributed by atoms with E-state index in [9.17, 15) is 9.59 Å². The minimum atomic E-state index is 0.0136. The molecular weight excluding hydrogens is 581 g/mol. The molecule has 8 heteroatoms. The molecule has 2 aliphatic rings. The monoisotopic (exact) mass is 629 g/mol. The van der Waals surface area contributed by atoms with E-state index in [-0.39, 0.29) is 17.7 Å². The summed E-state index contributed by atoms with van der Waals surface area (Å²) >= 11 is 12.7. The van der Waals surface area contributed by atoms with E-state index in [4.69, 9.17) is 27.9 Å². The molecule has 43 heavy (non-hydrogen) atoms. The van der Waals surface area contributed by atoms with Gasteiger partial charge in [-0.25, -0.2) is 0 Å². The van der Waals surface area contributed by atoms with E-state index < -0.39 is 0 Å². The van der Waals surface area contributed by atoms with Gasteiger partial charge in [-0.3, -0.25) is 9.59 Å². The fraction of sp³-hybridized carbons (Fsp3) is 0.600. The summed E-state index contributed by atoms with van der Waals surface area (Å²) in [5.41, 5.74) is 1.78. The Bertz CT molecular complexity index is 1150. The van der Waals surface area contributed by atoms with Crippen LogP contribution in [0, 0.1) is 5.92 Å². The van der Waals surface area contributed by atoms with Crippen molar-refractivity contribution in [1.29, 1.82) is 0 Å². The molecule has 1 aliphatic carbocycles. The van der Waals surface area contributed by atoms with Gasteiger partial charge in [-0.2, -0.15) is 0 Å². The number of hydrogen-bond donors (Lipinski definition) is 0. The Morgan fingerprint density at radius 1 is 0.953 bits per heavy atom. The molecule has 2 fully saturated rings. The van der Waals surface area contributed by atoms with Gasteiger partial charge in [0.25, 0.3) is 5.91 Å². The quantitative estimate of drug-likeness (QED) is 0.203. The van der Waals surface area contributed by atoms with E-state index >= 15 is 0 Å². The maximum atomic E-state index is 13.7. The Hall–Kier alpha value is -2.12. The Morgan fingerprint density at radius 2 is 1.67 bits per heavy atom. The van der Waals surface area contributed by atoms with Crippen molar-refractivity contribution in [2.45, 2.75) is 76.2 Å². The van der Waals surface area contributed by atoms with Gasteiger partial charge in [-0.1, -0.05) is 66.7 Å². The normalized spacial score (nSPS) is 17.5. The smallest absolute Gasteiger partial charge is 0.253 e. The number of piperidine rings is 1. The molecule has 2 aromatic carbocycles. The maximum Gasteiger partial charge on any atom is 0.253 e. The number of carbonyl (C=O) groups excluding carboxylic acids is 2. The minimum absolute atomic E-state index is 0.0136. The predicted molar refractivity (Wildman–Crippen MR) is 176 cm³/mol. The molecule has 0 aromatic heterocycles. The highest BCUT2D eigenvalue weighted by Crippen LogP contribution is 2.31. The van der Waals surface area contributed by atoms with E-state index in [1.165, 1.54) is 19.3 Å². The van der Waals surface area contributed by atoms with Crippen LogP contribution in [0.3, 0.4) is 0 Å². The van der Waals surface area contributed by atoms with Crippen molar-refractivity contribution in [1.82, 2.24) is 14.7 Å². The summed E-state index contributed by atoms with van der Waals surface area (Å²) in [6.07, 6.45) is 10.6. The highest BCUT2D eigenvalue weighted by Gasteiger charge is 2.32. The van der Waals surface area contributed by atoms with Crippen LogP contribution in [0.15, 0.2) is 48.5 Å². The van der Waals surface area contributed by atoms with Crippen molar-refractivity contribution in [3.8, 4) is 0 Å². The lowest BCUT2D eigenvalue weighted by Crippen LogP contribution is -2.50. The van der Waals surface area contributed by atoms with Crippen LogP contribution in [0.4, 0.5) is 0 Å². The Kier molecular flexibility index (Phi) is 13.7. The number of hydrogen-bond acceptors (Lipinski definition) is 4. The number of unbranched alkanes of at least 4 members (excludes halogenated alkanes) is 1. The Morgan fingerprint density at radius 3 is 2.35 bits per heavy atom. The summed E-state index contributed by atoms with van der Waals surface area (Å²) in [5, 5.41) is 1.07. The van der Waals surface area contributed by atoms with Gasteiger partial charge in [0.05, 0.1) is 10.0 Å². The van der Waals surface area contributed by atoms with Crippen molar-refractivity contribution in [3.63, 3.8) is 0 Å². The lowest BCUT2D eigenvalue weighted by atomic mass is 9.87. The summed E-state index contributed by atoms with van der Waals surface area (Å²) in [6, 6.07) is 15.6. The number of ether oxygens (including phenoxy) is 1. The molecule has 236 valence electrons. The molecule has 1 saturated carbocycles. The van der Waals surface area contributed by atoms with Crippen LogP contribution >= 0.6 is 23.2 Å². The molecular formula is C35H49Cl2N3O3. The van der Waals surface area contributed by atoms with Crippen molar-refractivity contribution < 1.29 is 14.3 Å². The molecule has 4 rings (SSSR count). The first kappa shape index (κ1) is 33.8. The first-order chi connectivity index (χ1) is 20.9. The van der Waals surface area contributed by atoms with E-state index in [0.29, 0.717) is 34.1 Å². The van der Waals surface area contributed by atoms with Gasteiger partial charge >= 0.3 is 0 Å². The molecule has 6 nitrogen and oxygen atoms in total. The zero-order valence-electron chi connectivity index (χ0n) is 26.0. The van der Waals surface area contributed by atoms with Gasteiger partial charge in [-0.05, 0) is 81.3 Å². The second-order valence-corrected chi connectivity index (χ2v) is 13.2. The van der Waals surface area contributed by atoms with Gasteiger partial charge in [0.1, 0.15) is 0 Å². The number of halogens is 2. The molecule has 1 atom stereocenters. The van der Waals surface area contributed by atoms with E-state index in [1.54, 1.807) is 7.11 Å². The van der Waals surface area contributed by atoms with Gasteiger partial charge in [-0.15, -0.1) is 0 Å². The van der Waals surface area contributed by atoms with Gasteiger partial charge in [0, 0.05) is 70.4 Å². The summed E-state index contributed by atoms with van der Waals surface area (Å²) < 4.78 is 5.26. The molecule has 1 heterocycles. The third-order valence-electron chi connectivity index (χ3n) is 9.30. The Balaban J connectivity index is 1.37. The second-order valence-electron chi connectivity index (χ2n) is 12.4. The molecule has 1 aliphatic heterocycles. The number of rotatable bonds is 14. The number of methoxy groups -OCH3 is 1. The highest BCUT2D eigenvalue weighted by molar-refractivity contribution is 6.42. The number of likely N-dealkylation sites (N-methyl/N-ethyl adjacent to an activating group) is 1. The van der Waals surface area contributed by atoms with Crippen molar-refractivity contribution in [2.75, 3.05) is 53.5 Å². The Labute approximate surface area is 268 Å². The van der Waals surface area contributed by atoms with Gasteiger partial charge in [0.2, 0.25) is 5.91 Å². The molecule has 0 spiro atoms. The predicted octanol–water partition coefficient (Wildman–Crippen LogP) is 7.54. The average Bonchev–Trinajstić information content (AvgIpc) is 3.05.